The van der Waals surface area contributed by atoms with Crippen molar-refractivity contribution >= 4 is 0 Å². The third-order valence-electron chi connectivity index (χ3n) is 3.80. The molecule has 0 radical (unpaired) electrons. The van der Waals surface area contributed by atoms with E-state index in [1.54, 1.807) is 0 Å². The first-order valence-corrected chi connectivity index (χ1v) is 8.38. The Morgan fingerprint density at radius 2 is 1.76 bits per heavy atom. The Morgan fingerprint density at radius 1 is 1.10 bits per heavy atom. The zero-order chi connectivity index (χ0) is 15.7. The fourth-order valence-corrected chi connectivity index (χ4v) is 2.42. The van der Waals surface area contributed by atoms with Gasteiger partial charge in [-0.25, -0.2) is 0 Å². The summed E-state index contributed by atoms with van der Waals surface area (Å²) in [6.45, 7) is 13.8. The van der Waals surface area contributed by atoms with Gasteiger partial charge in [0.15, 0.2) is 0 Å². The molecule has 0 spiro atoms. The van der Waals surface area contributed by atoms with Gasteiger partial charge in [0.2, 0.25) is 0 Å². The van der Waals surface area contributed by atoms with Crippen LogP contribution in [0.1, 0.15) is 58.6 Å². The molecule has 0 amide bonds. The maximum absolute atomic E-state index is 5.51. The van der Waals surface area contributed by atoms with Crippen molar-refractivity contribution < 1.29 is 4.74 Å². The highest BCUT2D eigenvalue weighted by molar-refractivity contribution is 5.28. The van der Waals surface area contributed by atoms with Gasteiger partial charge in [0.1, 0.15) is 0 Å². The van der Waals surface area contributed by atoms with Gasteiger partial charge in [0, 0.05) is 19.3 Å². The summed E-state index contributed by atoms with van der Waals surface area (Å²) in [7, 11) is 0. The van der Waals surface area contributed by atoms with Crippen LogP contribution in [0, 0.1) is 0 Å². The summed E-state index contributed by atoms with van der Waals surface area (Å²) >= 11 is 0. The largest absolute Gasteiger partial charge is 0.382 e. The molecular formula is C19H33NO. The molecule has 0 aromatic heterocycles. The molecule has 1 N–H and O–H groups in total. The summed E-state index contributed by atoms with van der Waals surface area (Å²) in [6.07, 6.45) is 3.33. The van der Waals surface area contributed by atoms with Crippen LogP contribution >= 0.6 is 0 Å². The molecule has 0 saturated heterocycles. The molecule has 1 aromatic rings. The molecule has 0 aliphatic heterocycles. The van der Waals surface area contributed by atoms with Crippen LogP contribution < -0.4 is 5.32 Å². The number of ether oxygens (including phenoxy) is 1. The maximum Gasteiger partial charge on any atom is 0.0480 e. The maximum atomic E-state index is 5.51. The quantitative estimate of drug-likeness (QED) is 0.684. The third kappa shape index (κ3) is 7.10. The second kappa shape index (κ2) is 9.22. The van der Waals surface area contributed by atoms with Crippen LogP contribution in [-0.2, 0) is 16.6 Å². The van der Waals surface area contributed by atoms with Crippen molar-refractivity contribution in [3.63, 3.8) is 0 Å². The minimum Gasteiger partial charge on any atom is -0.382 e. The van der Waals surface area contributed by atoms with Crippen LogP contribution in [0.5, 0.6) is 0 Å². The van der Waals surface area contributed by atoms with Crippen molar-refractivity contribution in [3.05, 3.63) is 35.4 Å². The summed E-state index contributed by atoms with van der Waals surface area (Å²) in [5.41, 5.74) is 3.04. The van der Waals surface area contributed by atoms with Crippen LogP contribution in [0.15, 0.2) is 24.3 Å². The van der Waals surface area contributed by atoms with Crippen LogP contribution in [0.25, 0.3) is 0 Å². The van der Waals surface area contributed by atoms with Crippen molar-refractivity contribution in [2.75, 3.05) is 19.8 Å². The van der Waals surface area contributed by atoms with E-state index < -0.39 is 0 Å². The minimum atomic E-state index is 0.230. The first-order valence-electron chi connectivity index (χ1n) is 8.38. The molecule has 0 saturated carbocycles. The second-order valence-corrected chi connectivity index (χ2v) is 6.79. The molecule has 0 bridgehead atoms. The molecule has 1 unspecified atom stereocenters. The first kappa shape index (κ1) is 18.2. The van der Waals surface area contributed by atoms with Crippen molar-refractivity contribution in [1.82, 2.24) is 5.32 Å². The average molecular weight is 291 g/mol. The van der Waals surface area contributed by atoms with E-state index in [0.29, 0.717) is 6.04 Å². The minimum absolute atomic E-state index is 0.230. The number of hydrogen-bond donors (Lipinski definition) is 1. The lowest BCUT2D eigenvalue weighted by Crippen LogP contribution is -2.33. The standard InChI is InChI=1S/C19H33NO/c1-6-13-20-18(12-14-21-7-2)15-16-8-10-17(11-9-16)19(3,4)5/h8-11,18,20H,6-7,12-15H2,1-5H3. The van der Waals surface area contributed by atoms with Crippen molar-refractivity contribution in [1.29, 1.82) is 0 Å². The predicted molar refractivity (Wildman–Crippen MR) is 92.0 cm³/mol. The molecule has 2 nitrogen and oxygen atoms in total. The van der Waals surface area contributed by atoms with Crippen LogP contribution in [0.4, 0.5) is 0 Å². The van der Waals surface area contributed by atoms with Crippen molar-refractivity contribution in [2.45, 2.75) is 65.3 Å². The Morgan fingerprint density at radius 3 is 2.29 bits per heavy atom. The van der Waals surface area contributed by atoms with Gasteiger partial charge in [-0.3, -0.25) is 0 Å². The molecular weight excluding hydrogens is 258 g/mol. The highest BCUT2D eigenvalue weighted by Gasteiger charge is 2.14. The van der Waals surface area contributed by atoms with E-state index in [1.807, 2.05) is 0 Å². The van der Waals surface area contributed by atoms with Gasteiger partial charge < -0.3 is 10.1 Å². The Bertz CT molecular complexity index is 378. The lowest BCUT2D eigenvalue weighted by atomic mass is 9.86. The average Bonchev–Trinajstić information content (AvgIpc) is 2.44. The summed E-state index contributed by atoms with van der Waals surface area (Å²) in [5.74, 6) is 0. The van der Waals surface area contributed by atoms with E-state index in [1.165, 1.54) is 17.5 Å². The van der Waals surface area contributed by atoms with Crippen LogP contribution in [0.2, 0.25) is 0 Å². The monoisotopic (exact) mass is 291 g/mol. The van der Waals surface area contributed by atoms with Gasteiger partial charge in [-0.2, -0.15) is 0 Å². The van der Waals surface area contributed by atoms with Gasteiger partial charge >= 0.3 is 0 Å². The van der Waals surface area contributed by atoms with Gasteiger partial charge in [-0.15, -0.1) is 0 Å². The topological polar surface area (TPSA) is 21.3 Å². The molecule has 1 rings (SSSR count). The summed E-state index contributed by atoms with van der Waals surface area (Å²) in [4.78, 5) is 0. The Labute approximate surface area is 131 Å². The van der Waals surface area contributed by atoms with E-state index in [0.717, 1.165) is 32.6 Å². The molecule has 0 aliphatic rings. The SMILES string of the molecule is CCCNC(CCOCC)Cc1ccc(C(C)(C)C)cc1. The molecule has 2 heteroatoms. The number of benzene rings is 1. The normalized spacial score (nSPS) is 13.4. The third-order valence-corrected chi connectivity index (χ3v) is 3.80. The Kier molecular flexibility index (Phi) is 7.98. The van der Waals surface area contributed by atoms with Crippen LogP contribution in [-0.4, -0.2) is 25.8 Å². The van der Waals surface area contributed by atoms with Gasteiger partial charge in [-0.05, 0) is 49.3 Å². The summed E-state index contributed by atoms with van der Waals surface area (Å²) in [6, 6.07) is 9.62. The van der Waals surface area contributed by atoms with Crippen molar-refractivity contribution in [3.8, 4) is 0 Å². The molecule has 120 valence electrons. The van der Waals surface area contributed by atoms with Gasteiger partial charge in [0.25, 0.3) is 0 Å². The molecule has 1 atom stereocenters. The zero-order valence-electron chi connectivity index (χ0n) is 14.5. The van der Waals surface area contributed by atoms with E-state index >= 15 is 0 Å². The summed E-state index contributed by atoms with van der Waals surface area (Å²) < 4.78 is 5.51. The fourth-order valence-electron chi connectivity index (χ4n) is 2.42. The lowest BCUT2D eigenvalue weighted by molar-refractivity contribution is 0.136. The predicted octanol–water partition coefficient (Wildman–Crippen LogP) is 4.32. The first-order chi connectivity index (χ1) is 9.97. The Hall–Kier alpha value is -0.860. The van der Waals surface area contributed by atoms with Crippen LogP contribution in [0.3, 0.4) is 0 Å². The molecule has 0 fully saturated rings. The smallest absolute Gasteiger partial charge is 0.0480 e. The number of hydrogen-bond acceptors (Lipinski definition) is 2. The molecule has 21 heavy (non-hydrogen) atoms. The molecule has 0 aliphatic carbocycles. The highest BCUT2D eigenvalue weighted by Crippen LogP contribution is 2.22. The Balaban J connectivity index is 2.60. The van der Waals surface area contributed by atoms with Crippen molar-refractivity contribution in [2.24, 2.45) is 0 Å². The molecule has 0 heterocycles. The van der Waals surface area contributed by atoms with E-state index in [9.17, 15) is 0 Å². The zero-order valence-corrected chi connectivity index (χ0v) is 14.5. The van der Waals surface area contributed by atoms with E-state index in [-0.39, 0.29) is 5.41 Å². The summed E-state index contributed by atoms with van der Waals surface area (Å²) in [5, 5.41) is 3.64. The van der Waals surface area contributed by atoms with Gasteiger partial charge in [-0.1, -0.05) is 52.0 Å². The lowest BCUT2D eigenvalue weighted by Gasteiger charge is -2.21. The second-order valence-electron chi connectivity index (χ2n) is 6.79. The van der Waals surface area contributed by atoms with Gasteiger partial charge in [0.05, 0.1) is 0 Å². The van der Waals surface area contributed by atoms with E-state index in [4.69, 9.17) is 4.74 Å². The highest BCUT2D eigenvalue weighted by atomic mass is 16.5. The fraction of sp³-hybridized carbons (Fsp3) is 0.684. The molecule has 1 aromatic carbocycles. The number of rotatable bonds is 9. The number of nitrogens with one attached hydrogen (secondary N) is 1. The van der Waals surface area contributed by atoms with E-state index in [2.05, 4.69) is 64.2 Å².